The third-order valence-corrected chi connectivity index (χ3v) is 5.21. The molecular weight excluding hydrogens is 519 g/mol. The van der Waals surface area contributed by atoms with Crippen LogP contribution in [0.1, 0.15) is 11.1 Å². The average Bonchev–Trinajstić information content (AvgIpc) is 2.81. The molecule has 3 N–H and O–H groups in total. The van der Waals surface area contributed by atoms with Gasteiger partial charge in [0, 0.05) is 28.8 Å². The highest BCUT2D eigenvalue weighted by Crippen LogP contribution is 2.31. The summed E-state index contributed by atoms with van der Waals surface area (Å²) in [5.74, 6) is 0.455. The maximum atomic E-state index is 13.1. The molecule has 0 saturated carbocycles. The fraction of sp³-hybridized carbons (Fsp3) is 0.238. The third kappa shape index (κ3) is 6.11. The van der Waals surface area contributed by atoms with E-state index in [0.717, 1.165) is 16.6 Å². The van der Waals surface area contributed by atoms with Crippen LogP contribution in [-0.2, 0) is 10.9 Å². The molecule has 13 heteroatoms. The van der Waals surface area contributed by atoms with Gasteiger partial charge >= 0.3 is 6.18 Å². The number of hydrogen-bond acceptors (Lipinski definition) is 9. The van der Waals surface area contributed by atoms with Gasteiger partial charge in [-0.25, -0.2) is 5.43 Å². The van der Waals surface area contributed by atoms with Gasteiger partial charge < -0.3 is 20.1 Å². The molecule has 0 spiro atoms. The van der Waals surface area contributed by atoms with Gasteiger partial charge in [0.25, 0.3) is 0 Å². The molecule has 4 rings (SSSR count). The highest BCUT2D eigenvalue weighted by atomic mass is 79.9. The zero-order valence-electron chi connectivity index (χ0n) is 17.6. The molecular formula is C21H19BrF3N7O2. The topological polar surface area (TPSA) is 108 Å². The normalized spacial score (nSPS) is 14.4. The van der Waals surface area contributed by atoms with Crippen LogP contribution in [0.4, 0.5) is 36.7 Å². The van der Waals surface area contributed by atoms with Crippen LogP contribution in [0, 0.1) is 0 Å². The Hall–Kier alpha value is -3.45. The van der Waals surface area contributed by atoms with E-state index in [1.54, 1.807) is 12.1 Å². The number of nitrogens with zero attached hydrogens (tertiary/aromatic N) is 5. The second-order valence-electron chi connectivity index (χ2n) is 7.16. The van der Waals surface area contributed by atoms with Crippen molar-refractivity contribution < 1.29 is 23.0 Å². The average molecular weight is 538 g/mol. The number of aromatic hydroxyl groups is 1. The Bertz CT molecular complexity index is 1190. The molecule has 34 heavy (non-hydrogen) atoms. The number of rotatable bonds is 6. The van der Waals surface area contributed by atoms with Crippen molar-refractivity contribution in [2.75, 3.05) is 41.9 Å². The summed E-state index contributed by atoms with van der Waals surface area (Å²) in [6.45, 7) is 2.07. The Morgan fingerprint density at radius 1 is 1.06 bits per heavy atom. The Kier molecular flexibility index (Phi) is 7.12. The molecule has 178 valence electrons. The third-order valence-electron chi connectivity index (χ3n) is 4.72. The van der Waals surface area contributed by atoms with E-state index in [1.165, 1.54) is 24.4 Å². The quantitative estimate of drug-likeness (QED) is 0.314. The number of phenolic OH excluding ortho intramolecular Hbond substituents is 1. The van der Waals surface area contributed by atoms with Gasteiger partial charge in [-0.1, -0.05) is 22.0 Å². The Balaban J connectivity index is 1.60. The summed E-state index contributed by atoms with van der Waals surface area (Å²) >= 11 is 3.32. The zero-order valence-corrected chi connectivity index (χ0v) is 19.1. The van der Waals surface area contributed by atoms with Crippen molar-refractivity contribution in [3.63, 3.8) is 0 Å². The highest BCUT2D eigenvalue weighted by molar-refractivity contribution is 9.10. The van der Waals surface area contributed by atoms with Gasteiger partial charge in [-0.15, -0.1) is 0 Å². The standard InChI is InChI=1S/C21H19BrF3N7O2/c22-15-4-5-17(33)13(10-15)12-26-31-19-28-18(29-20(30-19)32-6-8-34-9-7-32)27-16-3-1-2-14(11-16)21(23,24)25/h1-5,10-12,33H,6-9H2,(H2,27,28,29,30,31)/b26-12-. The van der Waals surface area contributed by atoms with Crippen LogP contribution >= 0.6 is 15.9 Å². The van der Waals surface area contributed by atoms with E-state index >= 15 is 0 Å². The molecule has 2 aromatic carbocycles. The summed E-state index contributed by atoms with van der Waals surface area (Å²) < 4.78 is 45.3. The first-order chi connectivity index (χ1) is 16.3. The number of ether oxygens (including phenoxy) is 1. The lowest BCUT2D eigenvalue weighted by atomic mass is 10.2. The van der Waals surface area contributed by atoms with Crippen LogP contribution in [0.5, 0.6) is 5.75 Å². The van der Waals surface area contributed by atoms with Gasteiger partial charge in [0.05, 0.1) is 25.0 Å². The predicted octanol–water partition coefficient (Wildman–Crippen LogP) is 4.38. The molecule has 0 aliphatic carbocycles. The van der Waals surface area contributed by atoms with Crippen molar-refractivity contribution in [3.05, 3.63) is 58.1 Å². The summed E-state index contributed by atoms with van der Waals surface area (Å²) in [7, 11) is 0. The number of aromatic nitrogens is 3. The second-order valence-corrected chi connectivity index (χ2v) is 8.07. The number of hydrazone groups is 1. The van der Waals surface area contributed by atoms with Crippen LogP contribution in [0.3, 0.4) is 0 Å². The Morgan fingerprint density at radius 2 is 1.82 bits per heavy atom. The molecule has 0 bridgehead atoms. The van der Waals surface area contributed by atoms with E-state index in [0.29, 0.717) is 37.8 Å². The lowest BCUT2D eigenvalue weighted by molar-refractivity contribution is -0.137. The molecule has 0 radical (unpaired) electrons. The number of nitrogens with one attached hydrogen (secondary N) is 2. The van der Waals surface area contributed by atoms with E-state index in [-0.39, 0.29) is 23.3 Å². The second kappa shape index (κ2) is 10.2. The molecule has 2 heterocycles. The van der Waals surface area contributed by atoms with Crippen LogP contribution in [0.2, 0.25) is 0 Å². The number of phenols is 1. The highest BCUT2D eigenvalue weighted by Gasteiger charge is 2.30. The molecule has 1 aliphatic rings. The van der Waals surface area contributed by atoms with Crippen molar-refractivity contribution in [2.24, 2.45) is 5.10 Å². The minimum absolute atomic E-state index is 0.0327. The largest absolute Gasteiger partial charge is 0.507 e. The van der Waals surface area contributed by atoms with Crippen molar-refractivity contribution in [1.82, 2.24) is 15.0 Å². The SMILES string of the molecule is Oc1ccc(Br)cc1/C=N\Nc1nc(Nc2cccc(C(F)(F)F)c2)nc(N2CCOCC2)n1. The van der Waals surface area contributed by atoms with Crippen LogP contribution in [0.25, 0.3) is 0 Å². The first-order valence-corrected chi connectivity index (χ1v) is 10.9. The fourth-order valence-electron chi connectivity index (χ4n) is 3.07. The van der Waals surface area contributed by atoms with Gasteiger partial charge in [-0.2, -0.15) is 33.2 Å². The van der Waals surface area contributed by atoms with E-state index in [9.17, 15) is 18.3 Å². The molecule has 1 fully saturated rings. The van der Waals surface area contributed by atoms with Crippen LogP contribution in [0.15, 0.2) is 52.0 Å². The molecule has 0 atom stereocenters. The van der Waals surface area contributed by atoms with Crippen molar-refractivity contribution in [1.29, 1.82) is 0 Å². The van der Waals surface area contributed by atoms with Gasteiger partial charge in [0.15, 0.2) is 0 Å². The minimum atomic E-state index is -4.48. The van der Waals surface area contributed by atoms with Gasteiger partial charge in [-0.3, -0.25) is 0 Å². The summed E-state index contributed by atoms with van der Waals surface area (Å²) in [5.41, 5.74) is 2.51. The van der Waals surface area contributed by atoms with Crippen molar-refractivity contribution in [3.8, 4) is 5.75 Å². The molecule has 0 unspecified atom stereocenters. The molecule has 0 amide bonds. The number of hydrogen-bond donors (Lipinski definition) is 3. The predicted molar refractivity (Wildman–Crippen MR) is 125 cm³/mol. The van der Waals surface area contributed by atoms with Crippen molar-refractivity contribution in [2.45, 2.75) is 6.18 Å². The number of anilines is 4. The van der Waals surface area contributed by atoms with E-state index in [1.807, 2.05) is 4.90 Å². The number of alkyl halides is 3. The minimum Gasteiger partial charge on any atom is -0.507 e. The van der Waals surface area contributed by atoms with Crippen LogP contribution in [-0.4, -0.2) is 52.6 Å². The first-order valence-electron chi connectivity index (χ1n) is 10.1. The van der Waals surface area contributed by atoms with E-state index < -0.39 is 11.7 Å². The first kappa shape index (κ1) is 23.7. The summed E-state index contributed by atoms with van der Waals surface area (Å²) in [5, 5.41) is 16.8. The van der Waals surface area contributed by atoms with Gasteiger partial charge in [0.2, 0.25) is 17.8 Å². The van der Waals surface area contributed by atoms with E-state index in [4.69, 9.17) is 4.74 Å². The molecule has 9 nitrogen and oxygen atoms in total. The smallest absolute Gasteiger partial charge is 0.416 e. The van der Waals surface area contributed by atoms with Crippen molar-refractivity contribution >= 4 is 45.7 Å². The fourth-order valence-corrected chi connectivity index (χ4v) is 3.44. The molecule has 1 aromatic heterocycles. The van der Waals surface area contributed by atoms with Gasteiger partial charge in [0.1, 0.15) is 5.75 Å². The lowest BCUT2D eigenvalue weighted by Gasteiger charge is -2.27. The molecule has 1 aliphatic heterocycles. The maximum Gasteiger partial charge on any atom is 0.416 e. The summed E-state index contributed by atoms with van der Waals surface area (Å²) in [6.07, 6.45) is -3.09. The van der Waals surface area contributed by atoms with E-state index in [2.05, 4.69) is 46.7 Å². The lowest BCUT2D eigenvalue weighted by Crippen LogP contribution is -2.37. The number of halogens is 4. The molecule has 3 aromatic rings. The number of benzene rings is 2. The molecule has 1 saturated heterocycles. The summed E-state index contributed by atoms with van der Waals surface area (Å²) in [6, 6.07) is 9.61. The Morgan fingerprint density at radius 3 is 2.59 bits per heavy atom. The van der Waals surface area contributed by atoms with Gasteiger partial charge in [-0.05, 0) is 36.4 Å². The maximum absolute atomic E-state index is 13.1. The monoisotopic (exact) mass is 537 g/mol. The zero-order chi connectivity index (χ0) is 24.1. The van der Waals surface area contributed by atoms with Crippen LogP contribution < -0.4 is 15.6 Å². The number of morpholine rings is 1. The summed E-state index contributed by atoms with van der Waals surface area (Å²) in [4.78, 5) is 14.8. The Labute approximate surface area is 200 Å².